The fraction of sp³-hybridized carbons (Fsp3) is 0.867. The number of nitrogens with one attached hydrogen (secondary N) is 1. The predicted molar refractivity (Wildman–Crippen MR) is 75.9 cm³/mol. The van der Waals surface area contributed by atoms with Crippen LogP contribution in [0.2, 0.25) is 0 Å². The number of ether oxygens (including phenoxy) is 1. The maximum Gasteiger partial charge on any atom is 0.317 e. The SMILES string of the molecule is CN(CC1CCCO1)C(=O)NC1C2CCC(C2)C1C(=O)O. The van der Waals surface area contributed by atoms with Crippen LogP contribution in [0.25, 0.3) is 0 Å². The van der Waals surface area contributed by atoms with Gasteiger partial charge in [0, 0.05) is 26.2 Å². The number of nitrogens with zero attached hydrogens (tertiary/aromatic N) is 1. The Kier molecular flexibility index (Phi) is 4.06. The Morgan fingerprint density at radius 3 is 2.71 bits per heavy atom. The van der Waals surface area contributed by atoms with E-state index in [0.717, 1.165) is 38.7 Å². The van der Waals surface area contributed by atoms with Crippen LogP contribution in [0.1, 0.15) is 32.1 Å². The van der Waals surface area contributed by atoms with E-state index in [9.17, 15) is 14.7 Å². The van der Waals surface area contributed by atoms with E-state index >= 15 is 0 Å². The molecule has 0 aromatic carbocycles. The molecule has 0 aromatic rings. The third-order valence-corrected chi connectivity index (χ3v) is 5.34. The molecule has 21 heavy (non-hydrogen) atoms. The van der Waals surface area contributed by atoms with Gasteiger partial charge in [0.05, 0.1) is 12.0 Å². The summed E-state index contributed by atoms with van der Waals surface area (Å²) in [5.41, 5.74) is 0. The molecular weight excluding hydrogens is 272 g/mol. The number of urea groups is 1. The summed E-state index contributed by atoms with van der Waals surface area (Å²) in [6, 6.07) is -0.380. The first-order chi connectivity index (χ1) is 10.1. The molecule has 1 aliphatic heterocycles. The smallest absolute Gasteiger partial charge is 0.317 e. The molecule has 2 saturated carbocycles. The minimum absolute atomic E-state index is 0.121. The van der Waals surface area contributed by atoms with Crippen molar-refractivity contribution in [1.82, 2.24) is 10.2 Å². The average Bonchev–Trinajstić information content (AvgIpc) is 3.14. The Hall–Kier alpha value is -1.30. The molecule has 5 unspecified atom stereocenters. The number of carboxylic acid groups (broad SMARTS) is 1. The molecule has 0 radical (unpaired) electrons. The van der Waals surface area contributed by atoms with Crippen LogP contribution >= 0.6 is 0 Å². The highest BCUT2D eigenvalue weighted by Crippen LogP contribution is 2.48. The van der Waals surface area contributed by atoms with Crippen LogP contribution < -0.4 is 5.32 Å². The van der Waals surface area contributed by atoms with Gasteiger partial charge in [-0.15, -0.1) is 0 Å². The van der Waals surface area contributed by atoms with Crippen LogP contribution in [-0.4, -0.2) is 54.4 Å². The lowest BCUT2D eigenvalue weighted by molar-refractivity contribution is -0.144. The third kappa shape index (κ3) is 2.86. The molecule has 2 N–H and O–H groups in total. The lowest BCUT2D eigenvalue weighted by atomic mass is 9.84. The number of carbonyl (C=O) groups is 2. The molecule has 2 aliphatic carbocycles. The molecule has 2 bridgehead atoms. The molecule has 5 atom stereocenters. The second kappa shape index (κ2) is 5.83. The molecule has 1 heterocycles. The second-order valence-electron chi connectivity index (χ2n) is 6.69. The van der Waals surface area contributed by atoms with Crippen LogP contribution in [0, 0.1) is 17.8 Å². The Balaban J connectivity index is 1.57. The molecule has 3 fully saturated rings. The Morgan fingerprint density at radius 2 is 2.05 bits per heavy atom. The summed E-state index contributed by atoms with van der Waals surface area (Å²) in [6.07, 6.45) is 5.12. The first-order valence-electron chi connectivity index (χ1n) is 7.92. The highest BCUT2D eigenvalue weighted by atomic mass is 16.5. The van der Waals surface area contributed by atoms with Crippen LogP contribution in [0.15, 0.2) is 0 Å². The standard InChI is InChI=1S/C15H24N2O4/c1-17(8-11-3-2-6-21-11)15(20)16-13-10-5-4-9(7-10)12(13)14(18)19/h9-13H,2-8H2,1H3,(H,16,20)(H,18,19). The van der Waals surface area contributed by atoms with Crippen molar-refractivity contribution in [3.63, 3.8) is 0 Å². The number of rotatable bonds is 4. The van der Waals surface area contributed by atoms with E-state index in [1.807, 2.05) is 0 Å². The fourth-order valence-electron chi connectivity index (χ4n) is 4.28. The fourth-order valence-corrected chi connectivity index (χ4v) is 4.28. The first-order valence-corrected chi connectivity index (χ1v) is 7.92. The molecule has 3 aliphatic rings. The van der Waals surface area contributed by atoms with Crippen molar-refractivity contribution in [3.8, 4) is 0 Å². The summed E-state index contributed by atoms with van der Waals surface area (Å²) in [6.45, 7) is 1.35. The Labute approximate surface area is 124 Å². The van der Waals surface area contributed by atoms with Crippen molar-refractivity contribution in [3.05, 3.63) is 0 Å². The van der Waals surface area contributed by atoms with Gasteiger partial charge in [-0.05, 0) is 43.9 Å². The van der Waals surface area contributed by atoms with Crippen LogP contribution in [0.3, 0.4) is 0 Å². The largest absolute Gasteiger partial charge is 0.481 e. The third-order valence-electron chi connectivity index (χ3n) is 5.34. The maximum absolute atomic E-state index is 12.3. The first kappa shape index (κ1) is 14.6. The molecule has 6 heteroatoms. The number of hydrogen-bond acceptors (Lipinski definition) is 3. The number of hydrogen-bond donors (Lipinski definition) is 2. The van der Waals surface area contributed by atoms with E-state index in [2.05, 4.69) is 5.32 Å². The van der Waals surface area contributed by atoms with Crippen LogP contribution in [-0.2, 0) is 9.53 Å². The molecule has 6 nitrogen and oxygen atoms in total. The Bertz CT molecular complexity index is 422. The van der Waals surface area contributed by atoms with Gasteiger partial charge in [0.1, 0.15) is 0 Å². The number of amides is 2. The van der Waals surface area contributed by atoms with Gasteiger partial charge in [-0.2, -0.15) is 0 Å². The number of aliphatic carboxylic acids is 1. The zero-order valence-electron chi connectivity index (χ0n) is 12.5. The highest BCUT2D eigenvalue weighted by Gasteiger charge is 2.51. The summed E-state index contributed by atoms with van der Waals surface area (Å²) in [7, 11) is 1.75. The molecular formula is C15H24N2O4. The maximum atomic E-state index is 12.3. The molecule has 118 valence electrons. The van der Waals surface area contributed by atoms with E-state index in [-0.39, 0.29) is 24.1 Å². The summed E-state index contributed by atoms with van der Waals surface area (Å²) >= 11 is 0. The molecule has 0 spiro atoms. The molecule has 0 aromatic heterocycles. The van der Waals surface area contributed by atoms with Crippen molar-refractivity contribution in [1.29, 1.82) is 0 Å². The summed E-state index contributed by atoms with van der Waals surface area (Å²) in [5, 5.41) is 12.4. The predicted octanol–water partition coefficient (Wildman–Crippen LogP) is 1.31. The van der Waals surface area contributed by atoms with E-state index < -0.39 is 11.9 Å². The zero-order chi connectivity index (χ0) is 15.0. The minimum atomic E-state index is -0.769. The number of fused-ring (bicyclic) bond motifs is 2. The number of likely N-dealkylation sites (N-methyl/N-ethyl adjacent to an activating group) is 1. The van der Waals surface area contributed by atoms with E-state index in [4.69, 9.17) is 4.74 Å². The lowest BCUT2D eigenvalue weighted by Crippen LogP contribution is -2.51. The van der Waals surface area contributed by atoms with Crippen molar-refractivity contribution in [2.75, 3.05) is 20.2 Å². The number of carbonyl (C=O) groups excluding carboxylic acids is 1. The highest BCUT2D eigenvalue weighted by molar-refractivity contribution is 5.77. The van der Waals surface area contributed by atoms with Gasteiger partial charge in [-0.25, -0.2) is 4.79 Å². The Morgan fingerprint density at radius 1 is 1.29 bits per heavy atom. The zero-order valence-corrected chi connectivity index (χ0v) is 12.5. The second-order valence-corrected chi connectivity index (χ2v) is 6.69. The average molecular weight is 296 g/mol. The van der Waals surface area contributed by atoms with Gasteiger partial charge in [-0.1, -0.05) is 0 Å². The quantitative estimate of drug-likeness (QED) is 0.820. The summed E-state index contributed by atoms with van der Waals surface area (Å²) < 4.78 is 5.54. The van der Waals surface area contributed by atoms with Crippen LogP contribution in [0.5, 0.6) is 0 Å². The minimum Gasteiger partial charge on any atom is -0.481 e. The molecule has 3 rings (SSSR count). The topological polar surface area (TPSA) is 78.9 Å². The van der Waals surface area contributed by atoms with Gasteiger partial charge in [0.15, 0.2) is 0 Å². The summed E-state index contributed by atoms with van der Waals surface area (Å²) in [5.74, 6) is -0.615. The van der Waals surface area contributed by atoms with Crippen molar-refractivity contribution in [2.24, 2.45) is 17.8 Å². The monoisotopic (exact) mass is 296 g/mol. The molecule has 2 amide bonds. The lowest BCUT2D eigenvalue weighted by Gasteiger charge is -2.31. The molecule has 1 saturated heterocycles. The van der Waals surface area contributed by atoms with Crippen molar-refractivity contribution >= 4 is 12.0 Å². The van der Waals surface area contributed by atoms with Crippen molar-refractivity contribution in [2.45, 2.75) is 44.2 Å². The normalized spacial score (nSPS) is 37.7. The van der Waals surface area contributed by atoms with E-state index in [1.54, 1.807) is 11.9 Å². The van der Waals surface area contributed by atoms with Gasteiger partial charge in [0.25, 0.3) is 0 Å². The van der Waals surface area contributed by atoms with Crippen LogP contribution in [0.4, 0.5) is 4.79 Å². The van der Waals surface area contributed by atoms with E-state index in [0.29, 0.717) is 12.5 Å². The summed E-state index contributed by atoms with van der Waals surface area (Å²) in [4.78, 5) is 25.4. The van der Waals surface area contributed by atoms with Gasteiger partial charge in [-0.3, -0.25) is 4.79 Å². The van der Waals surface area contributed by atoms with Gasteiger partial charge >= 0.3 is 12.0 Å². The van der Waals surface area contributed by atoms with Gasteiger partial charge < -0.3 is 20.1 Å². The van der Waals surface area contributed by atoms with E-state index in [1.165, 1.54) is 0 Å². The van der Waals surface area contributed by atoms with Gasteiger partial charge in [0.2, 0.25) is 0 Å². The number of carboxylic acids is 1. The van der Waals surface area contributed by atoms with Crippen molar-refractivity contribution < 1.29 is 19.4 Å².